The van der Waals surface area contributed by atoms with Gasteiger partial charge in [0, 0.05) is 19.5 Å². The van der Waals surface area contributed by atoms with E-state index in [2.05, 4.69) is 48.6 Å². The van der Waals surface area contributed by atoms with Crippen LogP contribution in [0.15, 0.2) is 24.3 Å². The van der Waals surface area contributed by atoms with Gasteiger partial charge in [-0.25, -0.2) is 0 Å². The Bertz CT molecular complexity index is 526. The normalized spacial score (nSPS) is 26.6. The standard InChI is InChI=1S/C19H28N2O/c1-21(2)13-17-6-4-3-5-16(17)12-20-19(22)11-18-10-14-7-8-15(18)9-14/h3-6,14-15,18H,7-13H2,1-2H3,(H,20,22)/t14-,15-,18-/m1/s1. The second-order valence-corrected chi connectivity index (χ2v) is 7.42. The molecule has 0 heterocycles. The lowest BCUT2D eigenvalue weighted by Crippen LogP contribution is -2.27. The molecular weight excluding hydrogens is 272 g/mol. The first-order valence-electron chi connectivity index (χ1n) is 8.60. The number of amides is 1. The molecule has 0 aliphatic heterocycles. The van der Waals surface area contributed by atoms with Gasteiger partial charge in [-0.15, -0.1) is 0 Å². The summed E-state index contributed by atoms with van der Waals surface area (Å²) in [5.74, 6) is 2.63. The van der Waals surface area contributed by atoms with Gasteiger partial charge in [0.1, 0.15) is 0 Å². The summed E-state index contributed by atoms with van der Waals surface area (Å²) in [6.07, 6.45) is 6.16. The number of hydrogen-bond donors (Lipinski definition) is 1. The van der Waals surface area contributed by atoms with E-state index in [9.17, 15) is 4.79 Å². The Kier molecular flexibility index (Phi) is 4.82. The second-order valence-electron chi connectivity index (χ2n) is 7.42. The van der Waals surface area contributed by atoms with Gasteiger partial charge in [-0.3, -0.25) is 4.79 Å². The summed E-state index contributed by atoms with van der Waals surface area (Å²) >= 11 is 0. The summed E-state index contributed by atoms with van der Waals surface area (Å²) in [4.78, 5) is 14.4. The van der Waals surface area contributed by atoms with Gasteiger partial charge in [-0.2, -0.15) is 0 Å². The Hall–Kier alpha value is -1.35. The average molecular weight is 300 g/mol. The van der Waals surface area contributed by atoms with Crippen LogP contribution in [0, 0.1) is 17.8 Å². The monoisotopic (exact) mass is 300 g/mol. The predicted octanol–water partition coefficient (Wildman–Crippen LogP) is 3.19. The number of nitrogens with zero attached hydrogens (tertiary/aromatic N) is 1. The van der Waals surface area contributed by atoms with Crippen molar-refractivity contribution < 1.29 is 4.79 Å². The minimum absolute atomic E-state index is 0.234. The fraction of sp³-hybridized carbons (Fsp3) is 0.632. The molecule has 1 N–H and O–H groups in total. The van der Waals surface area contributed by atoms with Gasteiger partial charge in [-0.1, -0.05) is 30.7 Å². The maximum absolute atomic E-state index is 12.3. The summed E-state index contributed by atoms with van der Waals surface area (Å²) in [6.45, 7) is 1.57. The van der Waals surface area contributed by atoms with E-state index in [1.54, 1.807) is 0 Å². The van der Waals surface area contributed by atoms with Gasteiger partial charge in [0.05, 0.1) is 0 Å². The van der Waals surface area contributed by atoms with Crippen molar-refractivity contribution in [3.8, 4) is 0 Å². The van der Waals surface area contributed by atoms with E-state index in [0.717, 1.165) is 24.8 Å². The molecule has 1 aromatic carbocycles. The Morgan fingerprint density at radius 3 is 2.59 bits per heavy atom. The van der Waals surface area contributed by atoms with Crippen molar-refractivity contribution in [2.45, 2.75) is 45.2 Å². The lowest BCUT2D eigenvalue weighted by molar-refractivity contribution is -0.122. The van der Waals surface area contributed by atoms with Crippen LogP contribution in [-0.2, 0) is 17.9 Å². The molecule has 0 spiro atoms. The summed E-state index contributed by atoms with van der Waals surface area (Å²) in [7, 11) is 4.15. The van der Waals surface area contributed by atoms with Crippen LogP contribution in [0.25, 0.3) is 0 Å². The van der Waals surface area contributed by atoms with Crippen LogP contribution in [0.1, 0.15) is 43.2 Å². The fourth-order valence-electron chi connectivity index (χ4n) is 4.36. The first-order valence-corrected chi connectivity index (χ1v) is 8.60. The van der Waals surface area contributed by atoms with Crippen LogP contribution in [0.3, 0.4) is 0 Å². The zero-order valence-electron chi connectivity index (χ0n) is 13.8. The van der Waals surface area contributed by atoms with E-state index >= 15 is 0 Å². The summed E-state index contributed by atoms with van der Waals surface area (Å²) in [5, 5.41) is 3.14. The molecule has 2 bridgehead atoms. The first-order chi connectivity index (χ1) is 10.6. The average Bonchev–Trinajstić information content (AvgIpc) is 3.08. The van der Waals surface area contributed by atoms with E-state index in [0.29, 0.717) is 12.5 Å². The molecule has 0 radical (unpaired) electrons. The van der Waals surface area contributed by atoms with Crippen LogP contribution in [-0.4, -0.2) is 24.9 Å². The topological polar surface area (TPSA) is 32.3 Å². The molecule has 3 rings (SSSR count). The lowest BCUT2D eigenvalue weighted by Gasteiger charge is -2.21. The van der Waals surface area contributed by atoms with E-state index in [1.165, 1.54) is 36.8 Å². The second kappa shape index (κ2) is 6.82. The molecule has 0 saturated heterocycles. The van der Waals surface area contributed by atoms with Crippen LogP contribution < -0.4 is 5.32 Å². The Morgan fingerprint density at radius 2 is 1.95 bits per heavy atom. The number of carbonyl (C=O) groups excluding carboxylic acids is 1. The van der Waals surface area contributed by atoms with Crippen LogP contribution in [0.5, 0.6) is 0 Å². The third-order valence-corrected chi connectivity index (χ3v) is 5.41. The third-order valence-electron chi connectivity index (χ3n) is 5.41. The molecule has 2 aliphatic carbocycles. The molecule has 2 aliphatic rings. The predicted molar refractivity (Wildman–Crippen MR) is 89.2 cm³/mol. The molecule has 3 nitrogen and oxygen atoms in total. The van der Waals surface area contributed by atoms with E-state index in [1.807, 2.05) is 0 Å². The van der Waals surface area contributed by atoms with Gasteiger partial charge in [0.15, 0.2) is 0 Å². The maximum Gasteiger partial charge on any atom is 0.220 e. The summed E-state index contributed by atoms with van der Waals surface area (Å²) < 4.78 is 0. The van der Waals surface area contributed by atoms with Gasteiger partial charge >= 0.3 is 0 Å². The SMILES string of the molecule is CN(C)Cc1ccccc1CNC(=O)C[C@H]1C[C@@H]2CC[C@@H]1C2. The number of hydrogen-bond acceptors (Lipinski definition) is 2. The summed E-state index contributed by atoms with van der Waals surface area (Å²) in [5.41, 5.74) is 2.53. The molecule has 2 saturated carbocycles. The zero-order chi connectivity index (χ0) is 15.5. The molecule has 22 heavy (non-hydrogen) atoms. The number of rotatable bonds is 6. The zero-order valence-corrected chi connectivity index (χ0v) is 13.8. The highest BCUT2D eigenvalue weighted by atomic mass is 16.1. The molecule has 0 unspecified atom stereocenters. The van der Waals surface area contributed by atoms with Crippen molar-refractivity contribution >= 4 is 5.91 Å². The van der Waals surface area contributed by atoms with Crippen LogP contribution in [0.2, 0.25) is 0 Å². The number of benzene rings is 1. The third kappa shape index (κ3) is 3.70. The minimum Gasteiger partial charge on any atom is -0.352 e. The van der Waals surface area contributed by atoms with Crippen molar-refractivity contribution in [1.82, 2.24) is 10.2 Å². The molecule has 1 aromatic rings. The van der Waals surface area contributed by atoms with E-state index < -0.39 is 0 Å². The quantitative estimate of drug-likeness (QED) is 0.875. The molecule has 3 atom stereocenters. The highest BCUT2D eigenvalue weighted by Gasteiger charge is 2.39. The van der Waals surface area contributed by atoms with E-state index in [4.69, 9.17) is 0 Å². The number of fused-ring (bicyclic) bond motifs is 2. The van der Waals surface area contributed by atoms with Gasteiger partial charge in [0.25, 0.3) is 0 Å². The molecule has 3 heteroatoms. The molecule has 120 valence electrons. The Labute approximate surface area is 134 Å². The number of nitrogens with one attached hydrogen (secondary N) is 1. The maximum atomic E-state index is 12.3. The molecule has 2 fully saturated rings. The minimum atomic E-state index is 0.234. The van der Waals surface area contributed by atoms with Crippen molar-refractivity contribution in [1.29, 1.82) is 0 Å². The molecule has 1 amide bonds. The summed E-state index contributed by atoms with van der Waals surface area (Å²) in [6, 6.07) is 8.39. The highest BCUT2D eigenvalue weighted by Crippen LogP contribution is 2.49. The van der Waals surface area contributed by atoms with Crippen LogP contribution >= 0.6 is 0 Å². The number of carbonyl (C=O) groups is 1. The smallest absolute Gasteiger partial charge is 0.220 e. The molecular formula is C19H28N2O. The van der Waals surface area contributed by atoms with Gasteiger partial charge in [-0.05, 0) is 62.2 Å². The lowest BCUT2D eigenvalue weighted by atomic mass is 9.86. The van der Waals surface area contributed by atoms with Crippen molar-refractivity contribution in [2.24, 2.45) is 17.8 Å². The van der Waals surface area contributed by atoms with Gasteiger partial charge in [0.2, 0.25) is 5.91 Å². The Balaban J connectivity index is 1.51. The first kappa shape index (κ1) is 15.5. The van der Waals surface area contributed by atoms with E-state index in [-0.39, 0.29) is 5.91 Å². The van der Waals surface area contributed by atoms with Crippen molar-refractivity contribution in [3.63, 3.8) is 0 Å². The van der Waals surface area contributed by atoms with Crippen molar-refractivity contribution in [3.05, 3.63) is 35.4 Å². The molecule has 0 aromatic heterocycles. The fourth-order valence-corrected chi connectivity index (χ4v) is 4.36. The largest absolute Gasteiger partial charge is 0.352 e. The van der Waals surface area contributed by atoms with Gasteiger partial charge < -0.3 is 10.2 Å². The highest BCUT2D eigenvalue weighted by molar-refractivity contribution is 5.76. The Morgan fingerprint density at radius 1 is 1.18 bits per heavy atom. The van der Waals surface area contributed by atoms with Crippen molar-refractivity contribution in [2.75, 3.05) is 14.1 Å². The van der Waals surface area contributed by atoms with Crippen LogP contribution in [0.4, 0.5) is 0 Å².